The van der Waals surface area contributed by atoms with Crippen LogP contribution in [0.4, 0.5) is 23.2 Å². The Morgan fingerprint density at radius 1 is 0.976 bits per heavy atom. The quantitative estimate of drug-likeness (QED) is 0.209. The van der Waals surface area contributed by atoms with Crippen molar-refractivity contribution in [2.24, 2.45) is 0 Å². The van der Waals surface area contributed by atoms with Gasteiger partial charge in [-0.2, -0.15) is 13.2 Å². The Balaban J connectivity index is 1.43. The number of alkyl halides is 4. The van der Waals surface area contributed by atoms with E-state index in [1.54, 1.807) is 31.2 Å². The van der Waals surface area contributed by atoms with Gasteiger partial charge in [-0.1, -0.05) is 31.2 Å². The van der Waals surface area contributed by atoms with Crippen LogP contribution in [0.3, 0.4) is 0 Å². The number of nitrogens with one attached hydrogen (secondary N) is 1. The van der Waals surface area contributed by atoms with Gasteiger partial charge in [0.25, 0.3) is 5.91 Å². The van der Waals surface area contributed by atoms with Crippen molar-refractivity contribution >= 4 is 21.4 Å². The molecular formula is C31H34F4N2O4S. The number of ether oxygens (including phenoxy) is 1. The molecule has 1 aliphatic rings. The van der Waals surface area contributed by atoms with E-state index >= 15 is 0 Å². The van der Waals surface area contributed by atoms with Crippen molar-refractivity contribution in [1.29, 1.82) is 0 Å². The highest BCUT2D eigenvalue weighted by Crippen LogP contribution is 2.36. The molecule has 0 aliphatic carbocycles. The van der Waals surface area contributed by atoms with E-state index in [-0.39, 0.29) is 41.7 Å². The highest BCUT2D eigenvalue weighted by atomic mass is 32.2. The summed E-state index contributed by atoms with van der Waals surface area (Å²) < 4.78 is 81.3. The largest absolute Gasteiger partial charge is 0.416 e. The first-order chi connectivity index (χ1) is 20.0. The average Bonchev–Trinajstić information content (AvgIpc) is 3.00. The molecule has 42 heavy (non-hydrogen) atoms. The fourth-order valence-corrected chi connectivity index (χ4v) is 5.96. The molecule has 1 saturated heterocycles. The van der Waals surface area contributed by atoms with E-state index in [1.165, 1.54) is 24.3 Å². The third-order valence-electron chi connectivity index (χ3n) is 7.52. The van der Waals surface area contributed by atoms with Crippen molar-refractivity contribution in [3.63, 3.8) is 0 Å². The van der Waals surface area contributed by atoms with Crippen LogP contribution in [0.2, 0.25) is 0 Å². The maximum atomic E-state index is 13.0. The summed E-state index contributed by atoms with van der Waals surface area (Å²) >= 11 is 0. The van der Waals surface area contributed by atoms with E-state index in [4.69, 9.17) is 4.74 Å². The normalized spacial score (nSPS) is 17.7. The second kappa shape index (κ2) is 13.7. The summed E-state index contributed by atoms with van der Waals surface area (Å²) in [6.45, 7) is 2.05. The van der Waals surface area contributed by atoms with E-state index < -0.39 is 28.3 Å². The fourth-order valence-electron chi connectivity index (χ4n) is 5.08. The number of carbonyl (C=O) groups is 1. The van der Waals surface area contributed by atoms with Gasteiger partial charge in [0.2, 0.25) is 0 Å². The van der Waals surface area contributed by atoms with Gasteiger partial charge in [-0.3, -0.25) is 4.79 Å². The molecule has 1 amide bonds. The van der Waals surface area contributed by atoms with Crippen LogP contribution < -0.4 is 10.2 Å². The Hall–Kier alpha value is -3.44. The van der Waals surface area contributed by atoms with Crippen molar-refractivity contribution < 1.29 is 35.5 Å². The standard InChI is InChI=1S/C31H34F4N2O4S/c1-2-42(39,40)29-15-3-22(4-16-29)19-36-30(38)24-7-12-27(13-8-24)37-20-25(9-14-28(37)21-41-18-17-32)23-5-10-26(11-6-23)31(33,34)35/h3-8,10-13,15-16,25,28H,2,9,14,17-21H2,1H3,(H,36,38)/t25?,28-/m0/s1. The molecule has 4 rings (SSSR count). The van der Waals surface area contributed by atoms with Gasteiger partial charge < -0.3 is 15.0 Å². The number of anilines is 1. The number of sulfone groups is 1. The molecule has 11 heteroatoms. The van der Waals surface area contributed by atoms with E-state index in [2.05, 4.69) is 10.2 Å². The maximum Gasteiger partial charge on any atom is 0.416 e. The van der Waals surface area contributed by atoms with Crippen LogP contribution in [0.25, 0.3) is 0 Å². The Morgan fingerprint density at radius 2 is 1.64 bits per heavy atom. The summed E-state index contributed by atoms with van der Waals surface area (Å²) in [5.74, 6) is -0.292. The van der Waals surface area contributed by atoms with Crippen LogP contribution in [-0.4, -0.2) is 52.6 Å². The van der Waals surface area contributed by atoms with Crippen molar-refractivity contribution in [2.45, 2.75) is 49.3 Å². The van der Waals surface area contributed by atoms with Crippen molar-refractivity contribution in [2.75, 3.05) is 37.1 Å². The molecular weight excluding hydrogens is 572 g/mol. The van der Waals surface area contributed by atoms with Gasteiger partial charge in [-0.25, -0.2) is 12.8 Å². The average molecular weight is 607 g/mol. The molecule has 1 fully saturated rings. The molecule has 0 spiro atoms. The molecule has 3 aromatic carbocycles. The molecule has 3 aromatic rings. The smallest absolute Gasteiger partial charge is 0.377 e. The summed E-state index contributed by atoms with van der Waals surface area (Å²) in [4.78, 5) is 15.1. The van der Waals surface area contributed by atoms with Gasteiger partial charge in [0.1, 0.15) is 6.67 Å². The van der Waals surface area contributed by atoms with Crippen molar-refractivity contribution in [3.8, 4) is 0 Å². The molecule has 0 radical (unpaired) electrons. The lowest BCUT2D eigenvalue weighted by molar-refractivity contribution is -0.137. The first kappa shape index (κ1) is 31.5. The van der Waals surface area contributed by atoms with Crippen LogP contribution in [0.5, 0.6) is 0 Å². The minimum Gasteiger partial charge on any atom is -0.377 e. The van der Waals surface area contributed by atoms with Crippen molar-refractivity contribution in [1.82, 2.24) is 5.32 Å². The minimum atomic E-state index is -4.40. The molecule has 1 N–H and O–H groups in total. The first-order valence-electron chi connectivity index (χ1n) is 13.8. The zero-order valence-electron chi connectivity index (χ0n) is 23.2. The van der Waals surface area contributed by atoms with Gasteiger partial charge in [0, 0.05) is 30.3 Å². The Labute approximate surface area is 243 Å². The van der Waals surface area contributed by atoms with Crippen LogP contribution in [0.15, 0.2) is 77.7 Å². The zero-order valence-corrected chi connectivity index (χ0v) is 24.1. The monoisotopic (exact) mass is 606 g/mol. The summed E-state index contributed by atoms with van der Waals surface area (Å²) in [6, 6.07) is 18.6. The molecule has 1 aliphatic heterocycles. The number of carbonyl (C=O) groups excluding carboxylic acids is 1. The first-order valence-corrected chi connectivity index (χ1v) is 15.4. The topological polar surface area (TPSA) is 75.7 Å². The zero-order chi connectivity index (χ0) is 30.3. The molecule has 6 nitrogen and oxygen atoms in total. The summed E-state index contributed by atoms with van der Waals surface area (Å²) in [5, 5.41) is 2.84. The van der Waals surface area contributed by atoms with Gasteiger partial charge in [-0.15, -0.1) is 0 Å². The molecule has 0 bridgehead atoms. The Bertz CT molecular complexity index is 1430. The molecule has 0 aromatic heterocycles. The molecule has 0 saturated carbocycles. The summed E-state index contributed by atoms with van der Waals surface area (Å²) in [5.41, 5.74) is 2.14. The predicted molar refractivity (Wildman–Crippen MR) is 153 cm³/mol. The molecule has 1 unspecified atom stereocenters. The third kappa shape index (κ3) is 7.89. The maximum absolute atomic E-state index is 13.0. The number of benzene rings is 3. The number of nitrogens with zero attached hydrogens (tertiary/aromatic N) is 1. The number of halogens is 4. The number of rotatable bonds is 11. The second-order valence-corrected chi connectivity index (χ2v) is 12.5. The van der Waals surface area contributed by atoms with Crippen LogP contribution in [0.1, 0.15) is 52.7 Å². The lowest BCUT2D eigenvalue weighted by atomic mass is 9.86. The fraction of sp³-hybridized carbons (Fsp3) is 0.387. The number of piperidine rings is 1. The lowest BCUT2D eigenvalue weighted by Gasteiger charge is -2.41. The van der Waals surface area contributed by atoms with Crippen LogP contribution in [-0.2, 0) is 27.3 Å². The molecule has 1 heterocycles. The summed E-state index contributed by atoms with van der Waals surface area (Å²) in [7, 11) is -3.30. The van der Waals surface area contributed by atoms with Gasteiger partial charge in [-0.05, 0) is 72.5 Å². The van der Waals surface area contributed by atoms with E-state index in [9.17, 15) is 30.8 Å². The highest BCUT2D eigenvalue weighted by molar-refractivity contribution is 7.91. The highest BCUT2D eigenvalue weighted by Gasteiger charge is 2.32. The van der Waals surface area contributed by atoms with Gasteiger partial charge in [0.15, 0.2) is 9.84 Å². The Morgan fingerprint density at radius 3 is 2.24 bits per heavy atom. The second-order valence-electron chi connectivity index (χ2n) is 10.2. The molecule has 2 atom stereocenters. The van der Waals surface area contributed by atoms with Gasteiger partial charge in [0.05, 0.1) is 35.5 Å². The number of amides is 1. The number of hydrogen-bond donors (Lipinski definition) is 1. The van der Waals surface area contributed by atoms with E-state index in [0.29, 0.717) is 25.1 Å². The van der Waals surface area contributed by atoms with Crippen LogP contribution >= 0.6 is 0 Å². The molecule has 226 valence electrons. The Kier molecular flexibility index (Phi) is 10.3. The minimum absolute atomic E-state index is 0.00798. The SMILES string of the molecule is CCS(=O)(=O)c1ccc(CNC(=O)c2ccc(N3CC(c4ccc(C(F)(F)F)cc4)CC[C@H]3COCCF)cc2)cc1. The summed E-state index contributed by atoms with van der Waals surface area (Å²) in [6.07, 6.45) is -2.94. The van der Waals surface area contributed by atoms with E-state index in [0.717, 1.165) is 35.4 Å². The van der Waals surface area contributed by atoms with Crippen molar-refractivity contribution in [3.05, 3.63) is 95.1 Å². The number of hydrogen-bond acceptors (Lipinski definition) is 5. The predicted octanol–water partition coefficient (Wildman–Crippen LogP) is 6.17. The van der Waals surface area contributed by atoms with E-state index in [1.807, 2.05) is 12.1 Å². The van der Waals surface area contributed by atoms with Crippen LogP contribution in [0, 0.1) is 0 Å². The third-order valence-corrected chi connectivity index (χ3v) is 9.27. The lowest BCUT2D eigenvalue weighted by Crippen LogP contribution is -2.45. The van der Waals surface area contributed by atoms with Gasteiger partial charge >= 0.3 is 6.18 Å².